The summed E-state index contributed by atoms with van der Waals surface area (Å²) in [6.07, 6.45) is 7.17. The maximum atomic E-state index is 12.9. The molecule has 1 aromatic heterocycles. The average molecular weight is 485 g/mol. The van der Waals surface area contributed by atoms with Crippen molar-refractivity contribution in [3.63, 3.8) is 0 Å². The maximum Gasteiger partial charge on any atom is 0.239 e. The van der Waals surface area contributed by atoms with Gasteiger partial charge in [0, 0.05) is 23.1 Å². The van der Waals surface area contributed by atoms with E-state index in [4.69, 9.17) is 23.2 Å². The molecule has 0 bridgehead atoms. The van der Waals surface area contributed by atoms with Crippen molar-refractivity contribution in [2.45, 2.75) is 57.0 Å². The molecule has 2 aromatic carbocycles. The molecule has 5 rings (SSSR count). The Balaban J connectivity index is 1.32. The Labute approximate surface area is 205 Å². The number of halogens is 2. The van der Waals surface area contributed by atoms with Crippen molar-refractivity contribution in [1.82, 2.24) is 19.8 Å². The summed E-state index contributed by atoms with van der Waals surface area (Å²) in [7, 11) is 0. The van der Waals surface area contributed by atoms with Crippen LogP contribution in [0.4, 0.5) is 0 Å². The molecule has 1 amide bonds. The highest BCUT2D eigenvalue weighted by molar-refractivity contribution is 6.35. The van der Waals surface area contributed by atoms with Crippen LogP contribution < -0.4 is 5.32 Å². The van der Waals surface area contributed by atoms with E-state index in [-0.39, 0.29) is 18.0 Å². The van der Waals surface area contributed by atoms with E-state index in [2.05, 4.69) is 44.9 Å². The number of rotatable bonds is 4. The predicted octanol–water partition coefficient (Wildman–Crippen LogP) is 5.80. The van der Waals surface area contributed by atoms with E-state index in [1.54, 1.807) is 6.07 Å². The molecule has 0 radical (unpaired) electrons. The Morgan fingerprint density at radius 3 is 2.64 bits per heavy atom. The number of piperidine rings is 2. The average Bonchev–Trinajstić information content (AvgIpc) is 3.27. The van der Waals surface area contributed by atoms with Crippen LogP contribution in [0.2, 0.25) is 10.0 Å². The molecule has 33 heavy (non-hydrogen) atoms. The van der Waals surface area contributed by atoms with Crippen molar-refractivity contribution in [3.05, 3.63) is 63.9 Å². The third-order valence-electron chi connectivity index (χ3n) is 7.32. The van der Waals surface area contributed by atoms with E-state index < -0.39 is 0 Å². The highest BCUT2D eigenvalue weighted by atomic mass is 35.5. The second kappa shape index (κ2) is 9.65. The molecule has 3 aromatic rings. The molecular formula is C26H30Cl2N4O. The molecule has 3 heterocycles. The number of hydrogen-bond acceptors (Lipinski definition) is 3. The smallest absolute Gasteiger partial charge is 0.239 e. The number of imidazole rings is 1. The number of benzene rings is 2. The first-order chi connectivity index (χ1) is 16.0. The van der Waals surface area contributed by atoms with E-state index in [1.165, 1.54) is 12.0 Å². The predicted molar refractivity (Wildman–Crippen MR) is 134 cm³/mol. The Hall–Kier alpha value is -2.08. The Kier molecular flexibility index (Phi) is 6.64. The number of fused-ring (bicyclic) bond motifs is 1. The maximum absolute atomic E-state index is 12.9. The number of nitrogens with one attached hydrogen (secondary N) is 1. The number of hydrogen-bond donors (Lipinski definition) is 1. The van der Waals surface area contributed by atoms with Gasteiger partial charge in [0.2, 0.25) is 5.91 Å². The number of nitrogens with zero attached hydrogens (tertiary/aromatic N) is 3. The number of aromatic nitrogens is 2. The van der Waals surface area contributed by atoms with Gasteiger partial charge in [0.1, 0.15) is 0 Å². The third kappa shape index (κ3) is 4.64. The topological polar surface area (TPSA) is 50.2 Å². The fourth-order valence-electron chi connectivity index (χ4n) is 5.31. The summed E-state index contributed by atoms with van der Waals surface area (Å²) < 4.78 is 2.18. The summed E-state index contributed by atoms with van der Waals surface area (Å²) in [6.45, 7) is 4.75. The molecule has 2 aliphatic heterocycles. The molecule has 5 nitrogen and oxygen atoms in total. The molecule has 2 aliphatic rings. The number of carbonyl (C=O) groups is 1. The van der Waals surface area contributed by atoms with Crippen LogP contribution in [0.3, 0.4) is 0 Å². The van der Waals surface area contributed by atoms with Crippen molar-refractivity contribution in [2.75, 3.05) is 19.6 Å². The first-order valence-electron chi connectivity index (χ1n) is 11.9. The van der Waals surface area contributed by atoms with Crippen molar-refractivity contribution < 1.29 is 4.79 Å². The van der Waals surface area contributed by atoms with Gasteiger partial charge in [-0.3, -0.25) is 4.79 Å². The Morgan fingerprint density at radius 1 is 1.09 bits per heavy atom. The molecule has 2 atom stereocenters. The second-order valence-corrected chi connectivity index (χ2v) is 10.2. The largest absolute Gasteiger partial charge is 0.341 e. The lowest BCUT2D eigenvalue weighted by atomic mass is 9.88. The SMILES string of the molecule is CC(c1ccc(Cl)cc1Cl)n1cnc2ccc(C3CCN(C(=O)C4CCCCN4)CC3)cc21. The van der Waals surface area contributed by atoms with Crippen LogP contribution >= 0.6 is 23.2 Å². The highest BCUT2D eigenvalue weighted by Crippen LogP contribution is 2.34. The molecule has 0 spiro atoms. The molecule has 0 aliphatic carbocycles. The Bertz CT molecular complexity index is 1150. The van der Waals surface area contributed by atoms with E-state index >= 15 is 0 Å². The summed E-state index contributed by atoms with van der Waals surface area (Å²) in [5, 5.41) is 4.70. The number of carbonyl (C=O) groups excluding carboxylic acids is 1. The van der Waals surface area contributed by atoms with Gasteiger partial charge in [-0.25, -0.2) is 4.98 Å². The van der Waals surface area contributed by atoms with Crippen LogP contribution in [0.1, 0.15) is 62.1 Å². The zero-order valence-corrected chi connectivity index (χ0v) is 20.4. The van der Waals surface area contributed by atoms with E-state index in [9.17, 15) is 4.79 Å². The monoisotopic (exact) mass is 484 g/mol. The van der Waals surface area contributed by atoms with E-state index in [0.717, 1.165) is 61.9 Å². The quantitative estimate of drug-likeness (QED) is 0.508. The molecular weight excluding hydrogens is 455 g/mol. The van der Waals surface area contributed by atoms with Gasteiger partial charge in [-0.2, -0.15) is 0 Å². The standard InChI is InChI=1S/C26H30Cl2N4O/c1-17(21-7-6-20(27)15-22(21)28)32-16-30-23-8-5-19(14-25(23)32)18-9-12-31(13-10-18)26(33)24-4-2-3-11-29-24/h5-8,14-18,24,29H,2-4,9-13H2,1H3. The minimum Gasteiger partial charge on any atom is -0.341 e. The lowest BCUT2D eigenvalue weighted by Gasteiger charge is -2.35. The molecule has 0 saturated carbocycles. The first-order valence-corrected chi connectivity index (χ1v) is 12.7. The van der Waals surface area contributed by atoms with Gasteiger partial charge in [-0.1, -0.05) is 41.8 Å². The summed E-state index contributed by atoms with van der Waals surface area (Å²) in [6, 6.07) is 12.3. The molecule has 2 saturated heterocycles. The van der Waals surface area contributed by atoms with Gasteiger partial charge in [0.15, 0.2) is 0 Å². The van der Waals surface area contributed by atoms with Crippen molar-refractivity contribution in [2.24, 2.45) is 0 Å². The summed E-state index contributed by atoms with van der Waals surface area (Å²) in [4.78, 5) is 19.6. The third-order valence-corrected chi connectivity index (χ3v) is 7.88. The summed E-state index contributed by atoms with van der Waals surface area (Å²) >= 11 is 12.6. The molecule has 174 valence electrons. The number of amides is 1. The first kappa shape index (κ1) is 22.7. The zero-order chi connectivity index (χ0) is 22.9. The van der Waals surface area contributed by atoms with Crippen molar-refractivity contribution in [1.29, 1.82) is 0 Å². The summed E-state index contributed by atoms with van der Waals surface area (Å²) in [5.41, 5.74) is 4.43. The van der Waals surface area contributed by atoms with Gasteiger partial charge in [0.25, 0.3) is 0 Å². The van der Waals surface area contributed by atoms with Crippen LogP contribution in [-0.4, -0.2) is 46.0 Å². The van der Waals surface area contributed by atoms with Crippen LogP contribution in [0.15, 0.2) is 42.7 Å². The zero-order valence-electron chi connectivity index (χ0n) is 18.9. The van der Waals surface area contributed by atoms with Crippen molar-refractivity contribution >= 4 is 40.1 Å². The van der Waals surface area contributed by atoms with Gasteiger partial charge in [-0.15, -0.1) is 0 Å². The minimum atomic E-state index is 0.0159. The lowest BCUT2D eigenvalue weighted by Crippen LogP contribution is -2.50. The minimum absolute atomic E-state index is 0.0159. The van der Waals surface area contributed by atoms with Crippen LogP contribution in [0.25, 0.3) is 11.0 Å². The van der Waals surface area contributed by atoms with Gasteiger partial charge in [-0.05, 0) is 80.5 Å². The van der Waals surface area contributed by atoms with Gasteiger partial charge in [0.05, 0.1) is 29.4 Å². The molecule has 2 unspecified atom stereocenters. The highest BCUT2D eigenvalue weighted by Gasteiger charge is 2.29. The molecule has 2 fully saturated rings. The molecule has 1 N–H and O–H groups in total. The summed E-state index contributed by atoms with van der Waals surface area (Å²) in [5.74, 6) is 0.742. The van der Waals surface area contributed by atoms with E-state index in [0.29, 0.717) is 16.0 Å². The fraction of sp³-hybridized carbons (Fsp3) is 0.462. The second-order valence-electron chi connectivity index (χ2n) is 9.34. The van der Waals surface area contributed by atoms with Crippen molar-refractivity contribution in [3.8, 4) is 0 Å². The van der Waals surface area contributed by atoms with Crippen LogP contribution in [0, 0.1) is 0 Å². The number of likely N-dealkylation sites (tertiary alicyclic amines) is 1. The van der Waals surface area contributed by atoms with Crippen LogP contribution in [-0.2, 0) is 4.79 Å². The van der Waals surface area contributed by atoms with Gasteiger partial charge >= 0.3 is 0 Å². The normalized spacial score (nSPS) is 20.8. The van der Waals surface area contributed by atoms with Crippen LogP contribution in [0.5, 0.6) is 0 Å². The lowest BCUT2D eigenvalue weighted by molar-refractivity contribution is -0.135. The molecule has 7 heteroatoms. The fourth-order valence-corrected chi connectivity index (χ4v) is 5.88. The van der Waals surface area contributed by atoms with E-state index in [1.807, 2.05) is 18.5 Å². The Morgan fingerprint density at radius 2 is 1.91 bits per heavy atom. The van der Waals surface area contributed by atoms with Gasteiger partial charge < -0.3 is 14.8 Å².